The molecule has 3 heterocycles. The Bertz CT molecular complexity index is 4290. The molecule has 0 bridgehead atoms. The zero-order chi connectivity index (χ0) is 46.1. The number of para-hydroxylation sites is 3. The van der Waals surface area contributed by atoms with Crippen molar-refractivity contribution in [1.29, 1.82) is 0 Å². The van der Waals surface area contributed by atoms with Crippen LogP contribution in [0.1, 0.15) is 0 Å². The molecular weight excluding hydrogens is 851 g/mol. The van der Waals surface area contributed by atoms with E-state index in [9.17, 15) is 0 Å². The number of benzene rings is 11. The number of hydrogen-bond donors (Lipinski definition) is 0. The molecule has 0 aliphatic heterocycles. The van der Waals surface area contributed by atoms with Gasteiger partial charge in [0.05, 0.1) is 22.1 Å². The Morgan fingerprint density at radius 3 is 1.37 bits per heavy atom. The van der Waals surface area contributed by atoms with Gasteiger partial charge < -0.3 is 9.13 Å². The molecule has 0 saturated heterocycles. The third-order valence-corrected chi connectivity index (χ3v) is 13.9. The molecule has 3 aromatic heterocycles. The van der Waals surface area contributed by atoms with Gasteiger partial charge in [-0.05, 0) is 117 Å². The maximum atomic E-state index is 5.26. The van der Waals surface area contributed by atoms with Crippen LogP contribution in [-0.4, -0.2) is 24.1 Å². The van der Waals surface area contributed by atoms with Crippen molar-refractivity contribution >= 4 is 65.2 Å². The highest BCUT2D eigenvalue weighted by Gasteiger charge is 2.19. The van der Waals surface area contributed by atoms with Gasteiger partial charge in [-0.3, -0.25) is 0 Å². The fraction of sp³-hybridized carbons (Fsp3) is 0. The second kappa shape index (κ2) is 16.1. The zero-order valence-corrected chi connectivity index (χ0v) is 37.9. The minimum atomic E-state index is 0.622. The van der Waals surface area contributed by atoms with E-state index in [-0.39, 0.29) is 0 Å². The normalized spacial score (nSPS) is 11.7. The molecule has 0 aliphatic rings. The van der Waals surface area contributed by atoms with Crippen molar-refractivity contribution in [1.82, 2.24) is 24.1 Å². The van der Waals surface area contributed by atoms with Gasteiger partial charge >= 0.3 is 0 Å². The first-order valence-corrected chi connectivity index (χ1v) is 23.8. The third kappa shape index (κ3) is 6.59. The lowest BCUT2D eigenvalue weighted by Crippen LogP contribution is -2.00. The van der Waals surface area contributed by atoms with Crippen molar-refractivity contribution in [2.75, 3.05) is 0 Å². The first-order valence-electron chi connectivity index (χ1n) is 23.8. The highest BCUT2D eigenvalue weighted by Crippen LogP contribution is 2.41. The molecule has 326 valence electrons. The van der Waals surface area contributed by atoms with Gasteiger partial charge in [0.1, 0.15) is 0 Å². The molecular formula is C65H41N5. The van der Waals surface area contributed by atoms with Crippen LogP contribution in [-0.2, 0) is 0 Å². The van der Waals surface area contributed by atoms with E-state index in [1.54, 1.807) is 0 Å². The van der Waals surface area contributed by atoms with Crippen LogP contribution in [0.5, 0.6) is 0 Å². The molecule has 0 saturated carbocycles. The topological polar surface area (TPSA) is 48.5 Å². The van der Waals surface area contributed by atoms with Crippen molar-refractivity contribution in [2.24, 2.45) is 0 Å². The minimum absolute atomic E-state index is 0.622. The quantitative estimate of drug-likeness (QED) is 0.160. The van der Waals surface area contributed by atoms with Gasteiger partial charge in [-0.25, -0.2) is 15.0 Å². The van der Waals surface area contributed by atoms with Gasteiger partial charge in [0, 0.05) is 49.6 Å². The molecule has 14 aromatic rings. The summed E-state index contributed by atoms with van der Waals surface area (Å²) in [4.78, 5) is 15.6. The van der Waals surface area contributed by atoms with E-state index in [0.29, 0.717) is 17.5 Å². The lowest BCUT2D eigenvalue weighted by molar-refractivity contribution is 1.07. The summed E-state index contributed by atoms with van der Waals surface area (Å²) >= 11 is 0. The van der Waals surface area contributed by atoms with Gasteiger partial charge in [-0.1, -0.05) is 176 Å². The van der Waals surface area contributed by atoms with Crippen LogP contribution in [0.3, 0.4) is 0 Å². The molecule has 0 fully saturated rings. The summed E-state index contributed by atoms with van der Waals surface area (Å²) in [5.74, 6) is 1.87. The van der Waals surface area contributed by atoms with Gasteiger partial charge in [0.2, 0.25) is 0 Å². The molecule has 0 amide bonds. The number of aromatic nitrogens is 5. The molecule has 14 rings (SSSR count). The summed E-state index contributed by atoms with van der Waals surface area (Å²) in [6.07, 6.45) is 0. The smallest absolute Gasteiger partial charge is 0.164 e. The van der Waals surface area contributed by atoms with Crippen LogP contribution >= 0.6 is 0 Å². The predicted octanol–water partition coefficient (Wildman–Crippen LogP) is 16.7. The maximum absolute atomic E-state index is 5.26. The number of nitrogens with zero attached hydrogens (tertiary/aromatic N) is 5. The summed E-state index contributed by atoms with van der Waals surface area (Å²) in [5, 5.41) is 9.42. The summed E-state index contributed by atoms with van der Waals surface area (Å²) in [6.45, 7) is 0. The average Bonchev–Trinajstić information content (AvgIpc) is 3.96. The van der Waals surface area contributed by atoms with Crippen molar-refractivity contribution < 1.29 is 0 Å². The Morgan fingerprint density at radius 2 is 0.714 bits per heavy atom. The van der Waals surface area contributed by atoms with E-state index in [2.05, 4.69) is 240 Å². The van der Waals surface area contributed by atoms with E-state index >= 15 is 0 Å². The fourth-order valence-corrected chi connectivity index (χ4v) is 10.6. The Morgan fingerprint density at radius 1 is 0.243 bits per heavy atom. The molecule has 5 heteroatoms. The number of rotatable bonds is 7. The Balaban J connectivity index is 0.904. The van der Waals surface area contributed by atoms with Gasteiger partial charge in [-0.15, -0.1) is 0 Å². The molecule has 70 heavy (non-hydrogen) atoms. The van der Waals surface area contributed by atoms with E-state index in [1.165, 1.54) is 60.3 Å². The first kappa shape index (κ1) is 39.7. The van der Waals surface area contributed by atoms with Crippen LogP contribution in [0.15, 0.2) is 249 Å². The third-order valence-electron chi connectivity index (χ3n) is 13.9. The highest BCUT2D eigenvalue weighted by molar-refractivity contribution is 6.17. The highest BCUT2D eigenvalue weighted by atomic mass is 15.0. The second-order valence-corrected chi connectivity index (χ2v) is 18.0. The van der Waals surface area contributed by atoms with Crippen LogP contribution in [0.25, 0.3) is 133 Å². The zero-order valence-electron chi connectivity index (χ0n) is 37.9. The second-order valence-electron chi connectivity index (χ2n) is 18.0. The lowest BCUT2D eigenvalue weighted by atomic mass is 9.95. The van der Waals surface area contributed by atoms with Crippen LogP contribution in [0.2, 0.25) is 0 Å². The summed E-state index contributed by atoms with van der Waals surface area (Å²) in [5.41, 5.74) is 14.4. The van der Waals surface area contributed by atoms with E-state index in [1.807, 2.05) is 18.2 Å². The average molecular weight is 892 g/mol. The number of fused-ring (bicyclic) bond motifs is 8. The largest absolute Gasteiger partial charge is 0.309 e. The lowest BCUT2D eigenvalue weighted by Gasteiger charge is -2.12. The van der Waals surface area contributed by atoms with Gasteiger partial charge in [0.25, 0.3) is 0 Å². The summed E-state index contributed by atoms with van der Waals surface area (Å²) < 4.78 is 4.76. The molecule has 11 aromatic carbocycles. The number of hydrogen-bond acceptors (Lipinski definition) is 3. The van der Waals surface area contributed by atoms with Crippen LogP contribution in [0.4, 0.5) is 0 Å². The Kier molecular flexibility index (Phi) is 9.14. The Labute approximate surface area is 403 Å². The monoisotopic (exact) mass is 891 g/mol. The van der Waals surface area contributed by atoms with Crippen LogP contribution < -0.4 is 0 Å². The minimum Gasteiger partial charge on any atom is -0.309 e. The molecule has 0 spiro atoms. The molecule has 5 nitrogen and oxygen atoms in total. The Hall–Kier alpha value is -9.45. The first-order chi connectivity index (χ1) is 34.7. The molecule has 0 N–H and O–H groups in total. The van der Waals surface area contributed by atoms with E-state index in [0.717, 1.165) is 55.2 Å². The van der Waals surface area contributed by atoms with Crippen LogP contribution in [0, 0.1) is 0 Å². The van der Waals surface area contributed by atoms with Gasteiger partial charge in [-0.2, -0.15) is 0 Å². The predicted molar refractivity (Wildman–Crippen MR) is 291 cm³/mol. The molecule has 0 unspecified atom stereocenters. The maximum Gasteiger partial charge on any atom is 0.164 e. The van der Waals surface area contributed by atoms with Crippen molar-refractivity contribution in [3.8, 4) is 67.8 Å². The van der Waals surface area contributed by atoms with E-state index < -0.39 is 0 Å². The molecule has 0 radical (unpaired) electrons. The van der Waals surface area contributed by atoms with Crippen molar-refractivity contribution in [3.05, 3.63) is 249 Å². The summed E-state index contributed by atoms with van der Waals surface area (Å²) in [6, 6.07) is 88.9. The van der Waals surface area contributed by atoms with Crippen molar-refractivity contribution in [3.63, 3.8) is 0 Å². The van der Waals surface area contributed by atoms with E-state index in [4.69, 9.17) is 15.0 Å². The van der Waals surface area contributed by atoms with Gasteiger partial charge in [0.15, 0.2) is 17.5 Å². The fourth-order valence-electron chi connectivity index (χ4n) is 10.6. The van der Waals surface area contributed by atoms with Crippen molar-refractivity contribution in [2.45, 2.75) is 0 Å². The standard InChI is InChI=1S/C65H41N5/c1-4-15-42(16-5-1)46-34-36-60-57(41-46)62-54(23-14-26-61(62)69(60)52-19-8-3-9-20-52)47-30-27-43-28-31-48(38-50(43)37-47)64-66-63(45-17-6-2-7-18-45)67-65(68-64)49-32-29-44-33-35-53(40-51(44)39-49)70-58-24-12-10-21-55(58)56-22-11-13-25-59(56)70/h1-41H. The molecule has 0 aliphatic carbocycles. The molecule has 0 atom stereocenters. The SMILES string of the molecule is c1ccc(-c2ccc3c(c2)c2c(-c4ccc5ccc(-c6nc(-c7ccccc7)nc(-c7ccc8ccc(-n9c%10ccccc%10c%10ccccc%109)cc8c7)n6)cc5c4)cccc2n3-c2ccccc2)cc1. The summed E-state index contributed by atoms with van der Waals surface area (Å²) in [7, 11) is 0.